The van der Waals surface area contributed by atoms with Gasteiger partial charge in [0.15, 0.2) is 4.90 Å². The Hall–Kier alpha value is -2.68. The maximum Gasteiger partial charge on any atom is 0.297 e. The van der Waals surface area contributed by atoms with Gasteiger partial charge >= 0.3 is 0 Å². The molecule has 0 saturated heterocycles. The van der Waals surface area contributed by atoms with Gasteiger partial charge in [0.2, 0.25) is 5.88 Å². The summed E-state index contributed by atoms with van der Waals surface area (Å²) in [6.07, 6.45) is 1.22. The number of nitrogens with one attached hydrogen (secondary N) is 1. The predicted molar refractivity (Wildman–Crippen MR) is 80.0 cm³/mol. The number of para-hydroxylation sites is 1. The molecule has 9 heteroatoms. The highest BCUT2D eigenvalue weighted by Gasteiger charge is 2.29. The molecule has 22 heavy (non-hydrogen) atoms. The number of aryl methyl sites for hydroxylation is 1. The average Bonchev–Trinajstić information content (AvgIpc) is 2.77. The SMILES string of the molecule is C=Cc1cccc(S(=O)(=O)Nc2onc(C)c2C)c1[N+](=O)[O-]. The molecule has 1 aromatic carbocycles. The van der Waals surface area contributed by atoms with Crippen LogP contribution in [0.2, 0.25) is 0 Å². The van der Waals surface area contributed by atoms with E-state index in [0.29, 0.717) is 11.3 Å². The molecule has 0 aliphatic heterocycles. The summed E-state index contributed by atoms with van der Waals surface area (Å²) in [7, 11) is -4.20. The Labute approximate surface area is 126 Å². The van der Waals surface area contributed by atoms with Crippen LogP contribution in [0.15, 0.2) is 34.2 Å². The molecule has 2 aromatic rings. The van der Waals surface area contributed by atoms with Gasteiger partial charge in [0.1, 0.15) is 0 Å². The lowest BCUT2D eigenvalue weighted by Gasteiger charge is -2.08. The van der Waals surface area contributed by atoms with E-state index in [-0.39, 0.29) is 11.4 Å². The van der Waals surface area contributed by atoms with Crippen LogP contribution in [0.1, 0.15) is 16.8 Å². The first-order chi connectivity index (χ1) is 10.3. The molecule has 0 bridgehead atoms. The first-order valence-electron chi connectivity index (χ1n) is 6.13. The molecule has 116 valence electrons. The second-order valence-corrected chi connectivity index (χ2v) is 6.13. The van der Waals surface area contributed by atoms with E-state index in [2.05, 4.69) is 16.5 Å². The van der Waals surface area contributed by atoms with Crippen molar-refractivity contribution >= 4 is 27.7 Å². The van der Waals surface area contributed by atoms with Crippen molar-refractivity contribution in [1.82, 2.24) is 5.16 Å². The molecule has 2 rings (SSSR count). The van der Waals surface area contributed by atoms with Crippen LogP contribution in [-0.2, 0) is 10.0 Å². The Balaban J connectivity index is 2.57. The zero-order chi connectivity index (χ0) is 16.5. The third-order valence-corrected chi connectivity index (χ3v) is 4.47. The maximum atomic E-state index is 12.4. The minimum atomic E-state index is -4.20. The number of rotatable bonds is 5. The number of nitro benzene ring substituents is 1. The molecule has 0 amide bonds. The van der Waals surface area contributed by atoms with E-state index in [4.69, 9.17) is 4.52 Å². The van der Waals surface area contributed by atoms with E-state index in [1.165, 1.54) is 18.2 Å². The molecule has 8 nitrogen and oxygen atoms in total. The average molecular weight is 323 g/mol. The first kappa shape index (κ1) is 15.7. The number of aromatic nitrogens is 1. The molecule has 0 saturated carbocycles. The fourth-order valence-electron chi connectivity index (χ4n) is 1.80. The third kappa shape index (κ3) is 2.70. The van der Waals surface area contributed by atoms with Crippen molar-refractivity contribution in [3.8, 4) is 0 Å². The predicted octanol–water partition coefficient (Wildman–Crippen LogP) is 2.64. The highest BCUT2D eigenvalue weighted by atomic mass is 32.2. The van der Waals surface area contributed by atoms with Gasteiger partial charge in [-0.05, 0) is 26.0 Å². The topological polar surface area (TPSA) is 115 Å². The molecule has 0 aliphatic carbocycles. The van der Waals surface area contributed by atoms with E-state index < -0.39 is 25.5 Å². The number of hydrogen-bond donors (Lipinski definition) is 1. The first-order valence-corrected chi connectivity index (χ1v) is 7.61. The Morgan fingerprint density at radius 2 is 2.09 bits per heavy atom. The molecular weight excluding hydrogens is 310 g/mol. The largest absolute Gasteiger partial charge is 0.337 e. The summed E-state index contributed by atoms with van der Waals surface area (Å²) in [5.41, 5.74) is 0.593. The van der Waals surface area contributed by atoms with Gasteiger partial charge < -0.3 is 4.52 Å². The Morgan fingerprint density at radius 1 is 1.41 bits per heavy atom. The molecule has 0 fully saturated rings. The molecule has 1 aromatic heterocycles. The summed E-state index contributed by atoms with van der Waals surface area (Å²) < 4.78 is 31.9. The summed E-state index contributed by atoms with van der Waals surface area (Å²) in [5, 5.41) is 14.8. The molecule has 0 aliphatic rings. The fraction of sp³-hybridized carbons (Fsp3) is 0.154. The van der Waals surface area contributed by atoms with Crippen molar-refractivity contribution in [2.75, 3.05) is 4.72 Å². The van der Waals surface area contributed by atoms with Gasteiger partial charge in [-0.2, -0.15) is 0 Å². The molecule has 0 unspecified atom stereocenters. The maximum absolute atomic E-state index is 12.4. The number of benzene rings is 1. The van der Waals surface area contributed by atoms with Gasteiger partial charge in [-0.25, -0.2) is 13.1 Å². The molecule has 1 heterocycles. The number of anilines is 1. The number of nitrogens with zero attached hydrogens (tertiary/aromatic N) is 2. The highest BCUT2D eigenvalue weighted by Crippen LogP contribution is 2.30. The quantitative estimate of drug-likeness (QED) is 0.668. The van der Waals surface area contributed by atoms with Crippen LogP contribution in [0.3, 0.4) is 0 Å². The summed E-state index contributed by atoms with van der Waals surface area (Å²) in [6, 6.07) is 3.96. The zero-order valence-corrected chi connectivity index (χ0v) is 12.7. The fourth-order valence-corrected chi connectivity index (χ4v) is 3.05. The van der Waals surface area contributed by atoms with Crippen molar-refractivity contribution in [1.29, 1.82) is 0 Å². The summed E-state index contributed by atoms with van der Waals surface area (Å²) in [5.74, 6) is -0.0733. The van der Waals surface area contributed by atoms with Crippen molar-refractivity contribution in [2.45, 2.75) is 18.7 Å². The van der Waals surface area contributed by atoms with Gasteiger partial charge in [-0.15, -0.1) is 0 Å². The van der Waals surface area contributed by atoms with E-state index >= 15 is 0 Å². The molecule has 0 spiro atoms. The van der Waals surface area contributed by atoms with E-state index in [9.17, 15) is 18.5 Å². The summed E-state index contributed by atoms with van der Waals surface area (Å²) in [6.45, 7) is 6.72. The number of nitro groups is 1. The van der Waals surface area contributed by atoms with Gasteiger partial charge in [-0.3, -0.25) is 10.1 Å². The van der Waals surface area contributed by atoms with E-state index in [0.717, 1.165) is 6.07 Å². The molecule has 1 N–H and O–H groups in total. The van der Waals surface area contributed by atoms with Crippen LogP contribution in [-0.4, -0.2) is 18.5 Å². The van der Waals surface area contributed by atoms with Crippen molar-refractivity contribution in [3.05, 3.63) is 51.7 Å². The lowest BCUT2D eigenvalue weighted by molar-refractivity contribution is -0.388. The van der Waals surface area contributed by atoms with Crippen LogP contribution in [0.5, 0.6) is 0 Å². The van der Waals surface area contributed by atoms with E-state index in [1.54, 1.807) is 13.8 Å². The van der Waals surface area contributed by atoms with E-state index in [1.807, 2.05) is 0 Å². The Bertz CT molecular complexity index is 855. The molecule has 0 radical (unpaired) electrons. The Kier molecular flexibility index (Phi) is 4.00. The van der Waals surface area contributed by atoms with Crippen LogP contribution in [0, 0.1) is 24.0 Å². The third-order valence-electron chi connectivity index (χ3n) is 3.11. The van der Waals surface area contributed by atoms with Crippen LogP contribution in [0.25, 0.3) is 6.08 Å². The van der Waals surface area contributed by atoms with Gasteiger partial charge in [0, 0.05) is 5.56 Å². The van der Waals surface area contributed by atoms with Crippen molar-refractivity contribution in [3.63, 3.8) is 0 Å². The summed E-state index contributed by atoms with van der Waals surface area (Å²) >= 11 is 0. The standard InChI is InChI=1S/C13H13N3O5S/c1-4-10-6-5-7-11(12(10)16(17)18)22(19,20)15-13-8(2)9(3)14-21-13/h4-7,15H,1H2,2-3H3. The zero-order valence-electron chi connectivity index (χ0n) is 11.9. The second kappa shape index (κ2) is 5.60. The molecule has 0 atom stereocenters. The second-order valence-electron chi connectivity index (χ2n) is 4.48. The Morgan fingerprint density at radius 3 is 2.59 bits per heavy atom. The monoisotopic (exact) mass is 323 g/mol. The smallest absolute Gasteiger partial charge is 0.297 e. The van der Waals surface area contributed by atoms with Gasteiger partial charge in [0.05, 0.1) is 16.2 Å². The lowest BCUT2D eigenvalue weighted by Crippen LogP contribution is -2.15. The number of hydrogen-bond acceptors (Lipinski definition) is 6. The van der Waals surface area contributed by atoms with Crippen LogP contribution in [0.4, 0.5) is 11.6 Å². The van der Waals surface area contributed by atoms with Crippen molar-refractivity contribution in [2.24, 2.45) is 0 Å². The molecular formula is C13H13N3O5S. The van der Waals surface area contributed by atoms with Crippen molar-refractivity contribution < 1.29 is 17.9 Å². The summed E-state index contributed by atoms with van der Waals surface area (Å²) in [4.78, 5) is 9.97. The lowest BCUT2D eigenvalue weighted by atomic mass is 10.2. The highest BCUT2D eigenvalue weighted by molar-refractivity contribution is 7.92. The number of sulfonamides is 1. The van der Waals surface area contributed by atoms with Crippen LogP contribution < -0.4 is 4.72 Å². The van der Waals surface area contributed by atoms with Gasteiger partial charge in [-0.1, -0.05) is 23.9 Å². The minimum absolute atomic E-state index is 0.0733. The van der Waals surface area contributed by atoms with Gasteiger partial charge in [0.25, 0.3) is 15.7 Å². The van der Waals surface area contributed by atoms with Crippen LogP contribution >= 0.6 is 0 Å². The minimum Gasteiger partial charge on any atom is -0.337 e. The normalized spacial score (nSPS) is 11.2.